The molecule has 42 heavy (non-hydrogen) atoms. The van der Waals surface area contributed by atoms with Gasteiger partial charge in [0.1, 0.15) is 6.29 Å². The van der Waals surface area contributed by atoms with E-state index < -0.39 is 5.82 Å². The van der Waals surface area contributed by atoms with Crippen molar-refractivity contribution in [1.29, 1.82) is 0 Å². The number of carbonyl (C=O) groups excluding carboxylic acids is 3. The second-order valence-electron chi connectivity index (χ2n) is 11.8. The normalized spacial score (nSPS) is 21.4. The van der Waals surface area contributed by atoms with Crippen LogP contribution in [-0.2, 0) is 14.4 Å². The van der Waals surface area contributed by atoms with Crippen molar-refractivity contribution in [2.45, 2.75) is 70.8 Å². The molecule has 10 nitrogen and oxygen atoms in total. The van der Waals surface area contributed by atoms with E-state index in [0.717, 1.165) is 49.8 Å². The van der Waals surface area contributed by atoms with Crippen LogP contribution in [0.5, 0.6) is 5.75 Å². The van der Waals surface area contributed by atoms with Crippen LogP contribution in [0.1, 0.15) is 76.1 Å². The lowest BCUT2D eigenvalue weighted by Crippen LogP contribution is -2.44. The first kappa shape index (κ1) is 29.7. The lowest BCUT2D eigenvalue weighted by atomic mass is 9.86. The van der Waals surface area contributed by atoms with Crippen LogP contribution in [0.15, 0.2) is 28.8 Å². The molecule has 5 rings (SSSR count). The maximum absolute atomic E-state index is 15.0. The molecule has 0 radical (unpaired) electrons. The summed E-state index contributed by atoms with van der Waals surface area (Å²) in [6.07, 6.45) is 7.83. The van der Waals surface area contributed by atoms with Gasteiger partial charge in [-0.15, -0.1) is 0 Å². The lowest BCUT2D eigenvalue weighted by Gasteiger charge is -2.30. The minimum Gasteiger partial charge on any atom is -0.490 e. The fourth-order valence-electron chi connectivity index (χ4n) is 5.89. The first-order valence-electron chi connectivity index (χ1n) is 15.0. The third kappa shape index (κ3) is 6.99. The molecule has 11 heteroatoms. The Labute approximate surface area is 245 Å². The van der Waals surface area contributed by atoms with Gasteiger partial charge in [0.25, 0.3) is 0 Å². The molecule has 2 saturated heterocycles. The highest BCUT2D eigenvalue weighted by molar-refractivity contribution is 5.88. The lowest BCUT2D eigenvalue weighted by molar-refractivity contribution is -0.136. The van der Waals surface area contributed by atoms with Gasteiger partial charge < -0.3 is 29.2 Å². The van der Waals surface area contributed by atoms with E-state index in [4.69, 9.17) is 9.26 Å². The molecule has 2 unspecified atom stereocenters. The first-order chi connectivity index (χ1) is 20.3. The number of rotatable bonds is 10. The molecule has 1 N–H and O–H groups in total. The Morgan fingerprint density at radius 3 is 2.67 bits per heavy atom. The van der Waals surface area contributed by atoms with Crippen LogP contribution < -0.4 is 15.0 Å². The number of carbonyl (C=O) groups is 3. The van der Waals surface area contributed by atoms with E-state index >= 15 is 0 Å². The molecule has 0 spiro atoms. The Balaban J connectivity index is 1.06. The van der Waals surface area contributed by atoms with Crippen molar-refractivity contribution in [2.75, 3.05) is 37.7 Å². The van der Waals surface area contributed by atoms with Crippen LogP contribution in [0.3, 0.4) is 0 Å². The molecule has 2 aliphatic heterocycles. The van der Waals surface area contributed by atoms with Crippen molar-refractivity contribution in [3.63, 3.8) is 0 Å². The van der Waals surface area contributed by atoms with Crippen molar-refractivity contribution in [2.24, 2.45) is 11.8 Å². The number of hydrogen-bond donors (Lipinski definition) is 1. The van der Waals surface area contributed by atoms with Crippen molar-refractivity contribution >= 4 is 29.7 Å². The summed E-state index contributed by atoms with van der Waals surface area (Å²) in [5.74, 6) is 0.456. The van der Waals surface area contributed by atoms with Crippen molar-refractivity contribution < 1.29 is 28.0 Å². The maximum Gasteiger partial charge on any atom is 0.324 e. The van der Waals surface area contributed by atoms with E-state index in [1.807, 2.05) is 26.0 Å². The van der Waals surface area contributed by atoms with Gasteiger partial charge in [-0.05, 0) is 74.1 Å². The molecule has 0 saturated carbocycles. The predicted molar refractivity (Wildman–Crippen MR) is 154 cm³/mol. The van der Waals surface area contributed by atoms with Crippen LogP contribution in [0.4, 0.5) is 10.4 Å². The highest BCUT2D eigenvalue weighted by Gasteiger charge is 2.29. The molecule has 1 aromatic heterocycles. The van der Waals surface area contributed by atoms with Gasteiger partial charge in [-0.3, -0.25) is 9.59 Å². The fraction of sp³-hybridized carbons (Fsp3) is 0.581. The highest BCUT2D eigenvalue weighted by Crippen LogP contribution is 2.33. The van der Waals surface area contributed by atoms with E-state index in [2.05, 4.69) is 20.4 Å². The molecule has 1 aliphatic carbocycles. The summed E-state index contributed by atoms with van der Waals surface area (Å²) in [4.78, 5) is 44.3. The summed E-state index contributed by atoms with van der Waals surface area (Å²) in [6.45, 7) is 6.54. The summed E-state index contributed by atoms with van der Waals surface area (Å²) in [5, 5.41) is 6.78. The van der Waals surface area contributed by atoms with Crippen LogP contribution in [-0.4, -0.2) is 72.0 Å². The van der Waals surface area contributed by atoms with E-state index in [1.165, 1.54) is 11.0 Å². The minimum absolute atomic E-state index is 0.0974. The van der Waals surface area contributed by atoms with E-state index in [-0.39, 0.29) is 42.0 Å². The number of amides is 2. The third-order valence-corrected chi connectivity index (χ3v) is 8.58. The summed E-state index contributed by atoms with van der Waals surface area (Å²) in [6, 6.07) is 5.23. The molecule has 3 aliphatic rings. The maximum atomic E-state index is 15.0. The molecular weight excluding hydrogens is 541 g/mol. The second-order valence-corrected chi connectivity index (χ2v) is 11.8. The smallest absolute Gasteiger partial charge is 0.324 e. The van der Waals surface area contributed by atoms with Gasteiger partial charge in [0.05, 0.1) is 19.2 Å². The van der Waals surface area contributed by atoms with Gasteiger partial charge in [0, 0.05) is 31.5 Å². The largest absolute Gasteiger partial charge is 0.490 e. The van der Waals surface area contributed by atoms with Crippen molar-refractivity contribution in [3.8, 4) is 5.75 Å². The molecule has 2 amide bonds. The number of nitrogens with one attached hydrogen (secondary N) is 1. The van der Waals surface area contributed by atoms with Crippen LogP contribution in [0, 0.1) is 17.7 Å². The van der Waals surface area contributed by atoms with E-state index in [1.54, 1.807) is 6.07 Å². The first-order valence-corrected chi connectivity index (χ1v) is 15.0. The minimum atomic E-state index is -0.396. The third-order valence-electron chi connectivity index (χ3n) is 8.58. The molecule has 3 heterocycles. The number of hydrogen-bond acceptors (Lipinski definition) is 8. The Kier molecular flexibility index (Phi) is 9.54. The molecule has 0 bridgehead atoms. The van der Waals surface area contributed by atoms with Gasteiger partial charge in [-0.1, -0.05) is 31.1 Å². The summed E-state index contributed by atoms with van der Waals surface area (Å²) in [5.41, 5.74) is 1.79. The van der Waals surface area contributed by atoms with Crippen LogP contribution in [0.2, 0.25) is 0 Å². The molecule has 2 aromatic rings. The summed E-state index contributed by atoms with van der Waals surface area (Å²) >= 11 is 0. The average molecular weight is 582 g/mol. The monoisotopic (exact) mass is 581 g/mol. The highest BCUT2D eigenvalue weighted by atomic mass is 19.1. The topological polar surface area (TPSA) is 118 Å². The van der Waals surface area contributed by atoms with Crippen LogP contribution in [0.25, 0.3) is 5.57 Å². The quantitative estimate of drug-likeness (QED) is 0.417. The van der Waals surface area contributed by atoms with Gasteiger partial charge in [-0.25, -0.2) is 4.39 Å². The Bertz CT molecular complexity index is 1300. The van der Waals surface area contributed by atoms with Crippen LogP contribution >= 0.6 is 0 Å². The zero-order valence-electron chi connectivity index (χ0n) is 24.4. The zero-order valence-corrected chi connectivity index (χ0v) is 24.4. The van der Waals surface area contributed by atoms with Gasteiger partial charge >= 0.3 is 6.01 Å². The van der Waals surface area contributed by atoms with E-state index in [9.17, 15) is 18.8 Å². The predicted octanol–water partition coefficient (Wildman–Crippen LogP) is 4.12. The number of allylic oxidation sites excluding steroid dienone is 2. The Morgan fingerprint density at radius 1 is 1.19 bits per heavy atom. The van der Waals surface area contributed by atoms with Gasteiger partial charge in [0.2, 0.25) is 11.8 Å². The number of piperidine rings is 1. The number of aromatic nitrogens is 2. The Hall–Kier alpha value is -3.76. The van der Waals surface area contributed by atoms with Gasteiger partial charge in [0.15, 0.2) is 17.4 Å². The number of benzene rings is 1. The summed E-state index contributed by atoms with van der Waals surface area (Å²) in [7, 11) is 0. The number of anilines is 1. The fourth-order valence-corrected chi connectivity index (χ4v) is 5.89. The molecular formula is C31H40FN5O5. The van der Waals surface area contributed by atoms with Crippen molar-refractivity contribution in [1.82, 2.24) is 20.4 Å². The Morgan fingerprint density at radius 2 is 2.00 bits per heavy atom. The molecule has 2 atom stereocenters. The van der Waals surface area contributed by atoms with Crippen molar-refractivity contribution in [3.05, 3.63) is 41.5 Å². The molecule has 2 fully saturated rings. The molecule has 1 aromatic carbocycles. The number of aldehydes is 1. The average Bonchev–Trinajstić information content (AvgIpc) is 3.70. The zero-order chi connectivity index (χ0) is 29.6. The van der Waals surface area contributed by atoms with E-state index in [0.29, 0.717) is 56.6 Å². The standard InChI is InChI=1S/C31H40FN5O5/c1-20(2)29-34-31(42-35-29)36-14-11-21(12-15-36)19-41-27-10-9-24(16-26(27)32)22-5-7-23(8-6-22)30(40)33-17-28(39)37-13-3-4-25(37)18-38/h5,9-10,16,18,20-21,23,25H,3-4,6-8,11-15,17,19H2,1-2H3,(H,33,40). The second kappa shape index (κ2) is 13.5. The number of likely N-dealkylation sites (tertiary alicyclic amines) is 1. The molecule has 226 valence electrons. The number of ether oxygens (including phenoxy) is 1. The number of nitrogens with zero attached hydrogens (tertiary/aromatic N) is 4. The SMILES string of the molecule is CC(C)c1noc(N2CCC(COc3ccc(C4=CCC(C(=O)NCC(=O)N5CCCC5C=O)CC4)cc3F)CC2)n1. The van der Waals surface area contributed by atoms with Gasteiger partial charge in [-0.2, -0.15) is 4.98 Å². The number of halogens is 1. The summed E-state index contributed by atoms with van der Waals surface area (Å²) < 4.78 is 26.2.